The van der Waals surface area contributed by atoms with Crippen LogP contribution in [0.15, 0.2) is 0 Å². The summed E-state index contributed by atoms with van der Waals surface area (Å²) in [5, 5.41) is 11.0. The van der Waals surface area contributed by atoms with Crippen molar-refractivity contribution < 1.29 is 5.11 Å². The van der Waals surface area contributed by atoms with Crippen LogP contribution in [0.4, 0.5) is 0 Å². The number of hydrogen-bond donors (Lipinski definition) is 1. The molecule has 1 N–H and O–H groups in total. The minimum absolute atomic E-state index is 0.0495. The second-order valence-electron chi connectivity index (χ2n) is 8.62. The molecule has 2 nitrogen and oxygen atoms in total. The fourth-order valence-corrected chi connectivity index (χ4v) is 6.44. The fraction of sp³-hybridized carbons (Fsp3) is 1.00. The average Bonchev–Trinajstić information content (AvgIpc) is 2.85. The molecule has 4 aliphatic carbocycles. The Morgan fingerprint density at radius 3 is 2.20 bits per heavy atom. The quantitative estimate of drug-likeness (QED) is 0.852. The lowest BCUT2D eigenvalue weighted by Crippen LogP contribution is -2.54. The lowest BCUT2D eigenvalue weighted by Gasteiger charge is -2.58. The van der Waals surface area contributed by atoms with Crippen LogP contribution in [0.5, 0.6) is 0 Å². The van der Waals surface area contributed by atoms with E-state index in [1.54, 1.807) is 0 Å². The standard InChI is InChI=1S/C18H31NO/c1-2-13-3-4-19(11-13)12-17(20)18-8-14-5-15(9-18)7-16(6-14)10-18/h13-17,20H,2-12H2,1H3. The lowest BCUT2D eigenvalue weighted by molar-refractivity contribution is -0.125. The molecule has 0 radical (unpaired) electrons. The van der Waals surface area contributed by atoms with E-state index in [-0.39, 0.29) is 6.10 Å². The van der Waals surface area contributed by atoms with Gasteiger partial charge in [-0.1, -0.05) is 13.3 Å². The molecule has 0 aromatic carbocycles. The molecule has 5 aliphatic rings. The van der Waals surface area contributed by atoms with Crippen molar-refractivity contribution in [2.75, 3.05) is 19.6 Å². The van der Waals surface area contributed by atoms with Crippen LogP contribution in [0.25, 0.3) is 0 Å². The molecular formula is C18H31NO. The summed E-state index contributed by atoms with van der Waals surface area (Å²) < 4.78 is 0. The number of likely N-dealkylation sites (tertiary alicyclic amines) is 1. The van der Waals surface area contributed by atoms with E-state index in [0.29, 0.717) is 5.41 Å². The molecule has 114 valence electrons. The maximum Gasteiger partial charge on any atom is 0.0723 e. The Balaban J connectivity index is 1.42. The van der Waals surface area contributed by atoms with Crippen molar-refractivity contribution in [2.45, 2.75) is 64.4 Å². The maximum atomic E-state index is 11.0. The Hall–Kier alpha value is -0.0800. The van der Waals surface area contributed by atoms with Gasteiger partial charge in [0.05, 0.1) is 6.10 Å². The maximum absolute atomic E-state index is 11.0. The molecule has 0 aromatic rings. The van der Waals surface area contributed by atoms with E-state index in [1.807, 2.05) is 0 Å². The van der Waals surface area contributed by atoms with Gasteiger partial charge in [0.25, 0.3) is 0 Å². The second kappa shape index (κ2) is 4.98. The van der Waals surface area contributed by atoms with Crippen molar-refractivity contribution in [1.29, 1.82) is 0 Å². The number of aliphatic hydroxyl groups excluding tert-OH is 1. The van der Waals surface area contributed by atoms with Crippen molar-refractivity contribution in [2.24, 2.45) is 29.1 Å². The number of β-amino-alcohol motifs (C(OH)–C–C–N with tert-alkyl or cyclic N) is 1. The summed E-state index contributed by atoms with van der Waals surface area (Å²) in [4.78, 5) is 2.55. The smallest absolute Gasteiger partial charge is 0.0723 e. The van der Waals surface area contributed by atoms with Crippen molar-refractivity contribution in [3.63, 3.8) is 0 Å². The van der Waals surface area contributed by atoms with Gasteiger partial charge in [0, 0.05) is 13.1 Å². The monoisotopic (exact) mass is 277 g/mol. The molecule has 5 fully saturated rings. The molecule has 20 heavy (non-hydrogen) atoms. The first-order valence-corrected chi connectivity index (χ1v) is 9.07. The molecule has 1 saturated heterocycles. The Morgan fingerprint density at radius 2 is 1.70 bits per heavy atom. The Morgan fingerprint density at radius 1 is 1.10 bits per heavy atom. The number of nitrogens with zero attached hydrogens (tertiary/aromatic N) is 1. The van der Waals surface area contributed by atoms with Crippen LogP contribution in [0.1, 0.15) is 58.3 Å². The van der Waals surface area contributed by atoms with E-state index in [4.69, 9.17) is 0 Å². The third-order valence-corrected chi connectivity index (χ3v) is 7.17. The highest BCUT2D eigenvalue weighted by molar-refractivity contribution is 5.05. The molecule has 5 rings (SSSR count). The largest absolute Gasteiger partial charge is 0.391 e. The summed E-state index contributed by atoms with van der Waals surface area (Å²) in [5.41, 5.74) is 0.319. The van der Waals surface area contributed by atoms with E-state index in [1.165, 1.54) is 64.5 Å². The summed E-state index contributed by atoms with van der Waals surface area (Å²) in [7, 11) is 0. The molecule has 1 heterocycles. The number of hydrogen-bond acceptors (Lipinski definition) is 2. The second-order valence-corrected chi connectivity index (χ2v) is 8.62. The predicted octanol–water partition coefficient (Wildman–Crippen LogP) is 3.30. The normalized spacial score (nSPS) is 48.9. The van der Waals surface area contributed by atoms with Crippen LogP contribution < -0.4 is 0 Å². The first-order chi connectivity index (χ1) is 9.67. The van der Waals surface area contributed by atoms with Gasteiger partial charge in [-0.15, -0.1) is 0 Å². The SMILES string of the molecule is CCC1CCN(CC(O)C23CC4CC(CC(C4)C2)C3)C1. The summed E-state index contributed by atoms with van der Waals surface area (Å²) >= 11 is 0. The third kappa shape index (κ3) is 2.23. The summed E-state index contributed by atoms with van der Waals surface area (Å²) in [6.45, 7) is 5.73. The highest BCUT2D eigenvalue weighted by atomic mass is 16.3. The van der Waals surface area contributed by atoms with E-state index < -0.39 is 0 Å². The van der Waals surface area contributed by atoms with Gasteiger partial charge in [-0.05, 0) is 80.6 Å². The summed E-state index contributed by atoms with van der Waals surface area (Å²) in [6, 6.07) is 0. The van der Waals surface area contributed by atoms with Gasteiger partial charge in [-0.2, -0.15) is 0 Å². The van der Waals surface area contributed by atoms with E-state index in [2.05, 4.69) is 11.8 Å². The molecule has 0 aromatic heterocycles. The number of rotatable bonds is 4. The van der Waals surface area contributed by atoms with E-state index >= 15 is 0 Å². The van der Waals surface area contributed by atoms with Gasteiger partial charge in [0.2, 0.25) is 0 Å². The molecule has 2 atom stereocenters. The summed E-state index contributed by atoms with van der Waals surface area (Å²) in [6.07, 6.45) is 11.1. The van der Waals surface area contributed by atoms with Crippen LogP contribution in [-0.2, 0) is 0 Å². The molecule has 1 aliphatic heterocycles. The predicted molar refractivity (Wildman–Crippen MR) is 81.4 cm³/mol. The molecule has 4 bridgehead atoms. The van der Waals surface area contributed by atoms with E-state index in [9.17, 15) is 5.11 Å². The fourth-order valence-electron chi connectivity index (χ4n) is 6.44. The Labute approximate surface area is 123 Å². The molecule has 4 saturated carbocycles. The van der Waals surface area contributed by atoms with Gasteiger partial charge >= 0.3 is 0 Å². The van der Waals surface area contributed by atoms with Crippen molar-refractivity contribution in [1.82, 2.24) is 4.90 Å². The lowest BCUT2D eigenvalue weighted by atomic mass is 9.48. The number of aliphatic hydroxyl groups is 1. The van der Waals surface area contributed by atoms with E-state index in [0.717, 1.165) is 30.2 Å². The van der Waals surface area contributed by atoms with Crippen LogP contribution in [0.3, 0.4) is 0 Å². The van der Waals surface area contributed by atoms with Gasteiger partial charge < -0.3 is 10.0 Å². The van der Waals surface area contributed by atoms with Gasteiger partial charge in [0.15, 0.2) is 0 Å². The third-order valence-electron chi connectivity index (χ3n) is 7.17. The zero-order chi connectivity index (χ0) is 13.7. The van der Waals surface area contributed by atoms with Crippen molar-refractivity contribution in [3.8, 4) is 0 Å². The Kier molecular flexibility index (Phi) is 3.38. The first kappa shape index (κ1) is 13.6. The van der Waals surface area contributed by atoms with Gasteiger partial charge in [-0.3, -0.25) is 0 Å². The first-order valence-electron chi connectivity index (χ1n) is 9.07. The van der Waals surface area contributed by atoms with Gasteiger partial charge in [-0.25, -0.2) is 0 Å². The topological polar surface area (TPSA) is 23.5 Å². The molecule has 0 spiro atoms. The molecular weight excluding hydrogens is 246 g/mol. The highest BCUT2D eigenvalue weighted by Crippen LogP contribution is 2.61. The average molecular weight is 277 g/mol. The van der Waals surface area contributed by atoms with Crippen LogP contribution >= 0.6 is 0 Å². The zero-order valence-electron chi connectivity index (χ0n) is 13.1. The molecule has 2 heteroatoms. The van der Waals surface area contributed by atoms with Crippen molar-refractivity contribution >= 4 is 0 Å². The minimum Gasteiger partial charge on any atom is -0.391 e. The summed E-state index contributed by atoms with van der Waals surface area (Å²) in [5.74, 6) is 3.76. The Bertz CT molecular complexity index is 331. The van der Waals surface area contributed by atoms with Crippen LogP contribution in [-0.4, -0.2) is 35.7 Å². The van der Waals surface area contributed by atoms with Gasteiger partial charge in [0.1, 0.15) is 0 Å². The van der Waals surface area contributed by atoms with Crippen molar-refractivity contribution in [3.05, 3.63) is 0 Å². The minimum atomic E-state index is -0.0495. The molecule has 2 unspecified atom stereocenters. The van der Waals surface area contributed by atoms with Crippen LogP contribution in [0, 0.1) is 29.1 Å². The zero-order valence-corrected chi connectivity index (χ0v) is 13.1. The highest BCUT2D eigenvalue weighted by Gasteiger charge is 2.54. The van der Waals surface area contributed by atoms with Crippen LogP contribution in [0.2, 0.25) is 0 Å². The molecule has 0 amide bonds.